The van der Waals surface area contributed by atoms with Crippen LogP contribution in [0, 0.1) is 6.92 Å². The van der Waals surface area contributed by atoms with Crippen molar-refractivity contribution in [3.05, 3.63) is 35.7 Å². The highest BCUT2D eigenvalue weighted by Gasteiger charge is 2.22. The van der Waals surface area contributed by atoms with E-state index in [-0.39, 0.29) is 6.09 Å². The topological polar surface area (TPSA) is 76.4 Å². The van der Waals surface area contributed by atoms with Crippen LogP contribution in [0.1, 0.15) is 18.3 Å². The van der Waals surface area contributed by atoms with Crippen molar-refractivity contribution in [2.75, 3.05) is 32.8 Å². The molecule has 0 atom stereocenters. The van der Waals surface area contributed by atoms with Crippen LogP contribution in [0.3, 0.4) is 0 Å². The van der Waals surface area contributed by atoms with Crippen LogP contribution < -0.4 is 0 Å². The number of aryl methyl sites for hydroxylation is 1. The largest absolute Gasteiger partial charge is 0.450 e. The van der Waals surface area contributed by atoms with Gasteiger partial charge >= 0.3 is 6.09 Å². The lowest BCUT2D eigenvalue weighted by molar-refractivity contribution is 0.0771. The average Bonchev–Trinajstić information content (AvgIpc) is 3.04. The predicted molar refractivity (Wildman–Crippen MR) is 87.8 cm³/mol. The van der Waals surface area contributed by atoms with Crippen LogP contribution in [-0.4, -0.2) is 68.9 Å². The van der Waals surface area contributed by atoms with Gasteiger partial charge in [-0.2, -0.15) is 0 Å². The van der Waals surface area contributed by atoms with Crippen molar-refractivity contribution in [3.63, 3.8) is 0 Å². The Morgan fingerprint density at radius 1 is 1.25 bits per heavy atom. The summed E-state index contributed by atoms with van der Waals surface area (Å²) in [5, 5.41) is 12.7. The Labute approximate surface area is 141 Å². The lowest BCUT2D eigenvalue weighted by Gasteiger charge is -2.33. The van der Waals surface area contributed by atoms with Crippen molar-refractivity contribution in [1.82, 2.24) is 30.0 Å². The number of amides is 1. The number of hydrogen-bond donors (Lipinski definition) is 0. The van der Waals surface area contributed by atoms with Crippen molar-refractivity contribution < 1.29 is 9.53 Å². The van der Waals surface area contributed by atoms with Gasteiger partial charge in [0, 0.05) is 26.2 Å². The van der Waals surface area contributed by atoms with E-state index in [2.05, 4.69) is 20.3 Å². The van der Waals surface area contributed by atoms with Gasteiger partial charge in [-0.05, 0) is 36.8 Å². The molecule has 8 heteroatoms. The van der Waals surface area contributed by atoms with Crippen LogP contribution in [0.15, 0.2) is 24.3 Å². The monoisotopic (exact) mass is 330 g/mol. The summed E-state index contributed by atoms with van der Waals surface area (Å²) in [4.78, 5) is 17.2. The molecule has 1 aromatic heterocycles. The Kier molecular flexibility index (Phi) is 5.05. The van der Waals surface area contributed by atoms with Crippen molar-refractivity contribution in [2.24, 2.45) is 0 Å². The van der Waals surface area contributed by atoms with Crippen LogP contribution in [0.2, 0.25) is 0 Å². The number of nitrogens with zero attached hydrogens (tertiary/aromatic N) is 6. The fraction of sp³-hybridized carbons (Fsp3) is 0.500. The molecule has 0 aliphatic carbocycles. The van der Waals surface area contributed by atoms with Crippen molar-refractivity contribution in [1.29, 1.82) is 0 Å². The zero-order valence-corrected chi connectivity index (χ0v) is 14.1. The maximum Gasteiger partial charge on any atom is 0.409 e. The van der Waals surface area contributed by atoms with Gasteiger partial charge < -0.3 is 9.64 Å². The maximum absolute atomic E-state index is 11.7. The number of piperazine rings is 1. The summed E-state index contributed by atoms with van der Waals surface area (Å²) < 4.78 is 5.03. The van der Waals surface area contributed by atoms with E-state index in [4.69, 9.17) is 4.74 Å². The molecular weight excluding hydrogens is 308 g/mol. The highest BCUT2D eigenvalue weighted by molar-refractivity contribution is 5.67. The second kappa shape index (κ2) is 7.39. The third-order valence-corrected chi connectivity index (χ3v) is 3.95. The van der Waals surface area contributed by atoms with Gasteiger partial charge in [-0.1, -0.05) is 12.1 Å². The zero-order chi connectivity index (χ0) is 16.9. The van der Waals surface area contributed by atoms with Crippen LogP contribution >= 0.6 is 0 Å². The Balaban J connectivity index is 1.56. The van der Waals surface area contributed by atoms with Crippen molar-refractivity contribution in [2.45, 2.75) is 20.4 Å². The third-order valence-electron chi connectivity index (χ3n) is 3.95. The van der Waals surface area contributed by atoms with Crippen LogP contribution in [-0.2, 0) is 11.3 Å². The van der Waals surface area contributed by atoms with Gasteiger partial charge in [0.2, 0.25) is 0 Å². The molecule has 1 fully saturated rings. The number of benzene rings is 1. The van der Waals surface area contributed by atoms with Crippen LogP contribution in [0.25, 0.3) is 5.69 Å². The molecule has 8 nitrogen and oxygen atoms in total. The molecule has 1 aliphatic heterocycles. The smallest absolute Gasteiger partial charge is 0.409 e. The van der Waals surface area contributed by atoms with E-state index in [1.54, 1.807) is 9.70 Å². The highest BCUT2D eigenvalue weighted by Crippen LogP contribution is 2.09. The second-order valence-electron chi connectivity index (χ2n) is 5.80. The lowest BCUT2D eigenvalue weighted by Crippen LogP contribution is -2.48. The Morgan fingerprint density at radius 3 is 2.75 bits per heavy atom. The summed E-state index contributed by atoms with van der Waals surface area (Å²) in [7, 11) is 0. The molecule has 0 bridgehead atoms. The molecule has 2 aromatic rings. The zero-order valence-electron chi connectivity index (χ0n) is 14.1. The van der Waals surface area contributed by atoms with Gasteiger partial charge in [0.1, 0.15) is 0 Å². The van der Waals surface area contributed by atoms with Gasteiger partial charge in [0.15, 0.2) is 5.82 Å². The van der Waals surface area contributed by atoms with E-state index in [0.29, 0.717) is 32.1 Å². The minimum absolute atomic E-state index is 0.235. The molecule has 0 radical (unpaired) electrons. The molecule has 0 unspecified atom stereocenters. The molecule has 0 spiro atoms. The minimum atomic E-state index is -0.235. The number of aromatic nitrogens is 4. The molecule has 128 valence electrons. The summed E-state index contributed by atoms with van der Waals surface area (Å²) >= 11 is 0. The third kappa shape index (κ3) is 3.88. The first-order valence-electron chi connectivity index (χ1n) is 8.15. The van der Waals surface area contributed by atoms with Gasteiger partial charge in [-0.25, -0.2) is 4.79 Å². The summed E-state index contributed by atoms with van der Waals surface area (Å²) in [6.45, 7) is 7.75. The molecule has 24 heavy (non-hydrogen) atoms. The average molecular weight is 330 g/mol. The maximum atomic E-state index is 11.7. The fourth-order valence-corrected chi connectivity index (χ4v) is 2.67. The molecular formula is C16H22N6O2. The SMILES string of the molecule is CCOC(=O)N1CCN(Cc2nnn(-c3cccc(C)c3)n2)CC1. The Morgan fingerprint density at radius 2 is 2.04 bits per heavy atom. The van der Waals surface area contributed by atoms with Crippen LogP contribution in [0.4, 0.5) is 4.79 Å². The van der Waals surface area contributed by atoms with Gasteiger partial charge in [0.05, 0.1) is 18.8 Å². The van der Waals surface area contributed by atoms with E-state index >= 15 is 0 Å². The first-order chi connectivity index (χ1) is 11.7. The highest BCUT2D eigenvalue weighted by atomic mass is 16.6. The number of rotatable bonds is 4. The van der Waals surface area contributed by atoms with Gasteiger partial charge in [0.25, 0.3) is 0 Å². The molecule has 1 amide bonds. The summed E-state index contributed by atoms with van der Waals surface area (Å²) in [6.07, 6.45) is -0.235. The van der Waals surface area contributed by atoms with E-state index < -0.39 is 0 Å². The minimum Gasteiger partial charge on any atom is -0.450 e. The Bertz CT molecular complexity index is 693. The first-order valence-corrected chi connectivity index (χ1v) is 8.15. The summed E-state index contributed by atoms with van der Waals surface area (Å²) in [5.41, 5.74) is 2.06. The number of tetrazole rings is 1. The molecule has 1 aromatic carbocycles. The number of carbonyl (C=O) groups excluding carboxylic acids is 1. The van der Waals surface area contributed by atoms with Crippen molar-refractivity contribution in [3.8, 4) is 5.69 Å². The van der Waals surface area contributed by atoms with Crippen molar-refractivity contribution >= 4 is 6.09 Å². The molecule has 2 heterocycles. The number of ether oxygens (including phenoxy) is 1. The molecule has 3 rings (SSSR count). The quantitative estimate of drug-likeness (QED) is 0.840. The molecule has 1 saturated heterocycles. The van der Waals surface area contributed by atoms with E-state index in [0.717, 1.165) is 24.3 Å². The second-order valence-corrected chi connectivity index (χ2v) is 5.80. The van der Waals surface area contributed by atoms with E-state index in [9.17, 15) is 4.79 Å². The number of hydrogen-bond acceptors (Lipinski definition) is 6. The Hall–Kier alpha value is -2.48. The first kappa shape index (κ1) is 16.4. The lowest BCUT2D eigenvalue weighted by atomic mass is 10.2. The summed E-state index contributed by atoms with van der Waals surface area (Å²) in [5.74, 6) is 0.682. The number of carbonyl (C=O) groups is 1. The van der Waals surface area contributed by atoms with E-state index in [1.807, 2.05) is 38.1 Å². The molecule has 0 saturated carbocycles. The molecule has 0 N–H and O–H groups in total. The van der Waals surface area contributed by atoms with Gasteiger partial charge in [-0.15, -0.1) is 15.0 Å². The fourth-order valence-electron chi connectivity index (χ4n) is 2.67. The predicted octanol–water partition coefficient (Wildman–Crippen LogP) is 1.24. The normalized spacial score (nSPS) is 15.5. The standard InChI is InChI=1S/C16H22N6O2/c1-3-24-16(23)21-9-7-20(8-10-21)12-15-17-19-22(18-15)14-6-4-5-13(2)11-14/h4-6,11H,3,7-10,12H2,1-2H3. The van der Waals surface area contributed by atoms with E-state index in [1.165, 1.54) is 0 Å². The van der Waals surface area contributed by atoms with Gasteiger partial charge in [-0.3, -0.25) is 4.90 Å². The summed E-state index contributed by atoms with van der Waals surface area (Å²) in [6, 6.07) is 7.98. The van der Waals surface area contributed by atoms with Crippen LogP contribution in [0.5, 0.6) is 0 Å². The molecule has 1 aliphatic rings.